The van der Waals surface area contributed by atoms with Gasteiger partial charge in [0.15, 0.2) is 0 Å². The van der Waals surface area contributed by atoms with Crippen molar-refractivity contribution >= 4 is 0 Å². The summed E-state index contributed by atoms with van der Waals surface area (Å²) >= 11 is 0. The molecule has 0 saturated carbocycles. The largest absolute Gasteiger partial charge is 0.491 e. The van der Waals surface area contributed by atoms with Gasteiger partial charge >= 0.3 is 0 Å². The SMILES string of the molecule is COCCOc1ccccc1C(O)c1cc(C)cc(F)c1. The van der Waals surface area contributed by atoms with Crippen molar-refractivity contribution in [3.63, 3.8) is 0 Å². The number of para-hydroxylation sites is 1. The van der Waals surface area contributed by atoms with Crippen molar-refractivity contribution in [2.24, 2.45) is 0 Å². The maximum atomic E-state index is 13.5. The Kier molecular flexibility index (Phi) is 5.31. The third-order valence-electron chi connectivity index (χ3n) is 3.14. The molecule has 2 aromatic carbocycles. The van der Waals surface area contributed by atoms with Gasteiger partial charge in [-0.25, -0.2) is 4.39 Å². The molecule has 0 amide bonds. The fraction of sp³-hybridized carbons (Fsp3) is 0.294. The van der Waals surface area contributed by atoms with Crippen LogP contribution in [0, 0.1) is 12.7 Å². The zero-order valence-electron chi connectivity index (χ0n) is 12.2. The first-order valence-corrected chi connectivity index (χ1v) is 6.77. The predicted octanol–water partition coefficient (Wildman–Crippen LogP) is 3.24. The lowest BCUT2D eigenvalue weighted by atomic mass is 9.99. The molecule has 1 atom stereocenters. The van der Waals surface area contributed by atoms with Crippen molar-refractivity contribution in [1.82, 2.24) is 0 Å². The number of hydrogen-bond acceptors (Lipinski definition) is 3. The van der Waals surface area contributed by atoms with Gasteiger partial charge in [0.1, 0.15) is 24.3 Å². The third-order valence-corrected chi connectivity index (χ3v) is 3.14. The van der Waals surface area contributed by atoms with Gasteiger partial charge in [-0.3, -0.25) is 0 Å². The highest BCUT2D eigenvalue weighted by Crippen LogP contribution is 2.30. The molecule has 0 aromatic heterocycles. The van der Waals surface area contributed by atoms with Crippen LogP contribution in [0.2, 0.25) is 0 Å². The third kappa shape index (κ3) is 4.03. The molecule has 112 valence electrons. The standard InChI is InChI=1S/C17H19FO3/c1-12-9-13(11-14(18)10-12)17(19)15-5-3-4-6-16(15)21-8-7-20-2/h3-6,9-11,17,19H,7-8H2,1-2H3. The number of hydrogen-bond donors (Lipinski definition) is 1. The quantitative estimate of drug-likeness (QED) is 0.830. The molecule has 4 heteroatoms. The molecule has 0 aliphatic carbocycles. The molecule has 0 spiro atoms. The maximum absolute atomic E-state index is 13.5. The van der Waals surface area contributed by atoms with Crippen molar-refractivity contribution in [1.29, 1.82) is 0 Å². The molecule has 0 radical (unpaired) electrons. The molecule has 0 bridgehead atoms. The molecule has 1 N–H and O–H groups in total. The Balaban J connectivity index is 2.27. The fourth-order valence-corrected chi connectivity index (χ4v) is 2.17. The zero-order valence-corrected chi connectivity index (χ0v) is 12.2. The second-order valence-corrected chi connectivity index (χ2v) is 4.84. The minimum absolute atomic E-state index is 0.359. The molecular weight excluding hydrogens is 271 g/mol. The van der Waals surface area contributed by atoms with E-state index in [2.05, 4.69) is 0 Å². The fourth-order valence-electron chi connectivity index (χ4n) is 2.17. The number of rotatable bonds is 6. The van der Waals surface area contributed by atoms with Crippen molar-refractivity contribution in [3.05, 3.63) is 65.0 Å². The normalized spacial score (nSPS) is 12.2. The van der Waals surface area contributed by atoms with E-state index in [-0.39, 0.29) is 5.82 Å². The first-order valence-electron chi connectivity index (χ1n) is 6.77. The van der Waals surface area contributed by atoms with E-state index in [0.717, 1.165) is 5.56 Å². The van der Waals surface area contributed by atoms with Gasteiger partial charge in [0, 0.05) is 12.7 Å². The summed E-state index contributed by atoms with van der Waals surface area (Å²) in [6, 6.07) is 11.7. The minimum Gasteiger partial charge on any atom is -0.491 e. The van der Waals surface area contributed by atoms with Gasteiger partial charge in [0.2, 0.25) is 0 Å². The van der Waals surface area contributed by atoms with E-state index in [1.54, 1.807) is 32.2 Å². The maximum Gasteiger partial charge on any atom is 0.125 e. The number of methoxy groups -OCH3 is 1. The van der Waals surface area contributed by atoms with Crippen molar-refractivity contribution < 1.29 is 19.0 Å². The van der Waals surface area contributed by atoms with Crippen LogP contribution in [-0.4, -0.2) is 25.4 Å². The lowest BCUT2D eigenvalue weighted by molar-refractivity contribution is 0.142. The first kappa shape index (κ1) is 15.5. The topological polar surface area (TPSA) is 38.7 Å². The summed E-state index contributed by atoms with van der Waals surface area (Å²) < 4.78 is 24.0. The number of benzene rings is 2. The molecular formula is C17H19FO3. The lowest BCUT2D eigenvalue weighted by Crippen LogP contribution is -2.08. The number of aliphatic hydroxyl groups excluding tert-OH is 1. The first-order chi connectivity index (χ1) is 10.1. The van der Waals surface area contributed by atoms with Crippen LogP contribution in [0.3, 0.4) is 0 Å². The Morgan fingerprint density at radius 1 is 1.14 bits per heavy atom. The van der Waals surface area contributed by atoms with E-state index >= 15 is 0 Å². The summed E-state index contributed by atoms with van der Waals surface area (Å²) in [5.41, 5.74) is 1.88. The zero-order chi connectivity index (χ0) is 15.2. The molecule has 0 saturated heterocycles. The average Bonchev–Trinajstić information content (AvgIpc) is 2.46. The van der Waals surface area contributed by atoms with E-state index in [0.29, 0.717) is 30.1 Å². The molecule has 0 aliphatic heterocycles. The minimum atomic E-state index is -0.932. The lowest BCUT2D eigenvalue weighted by Gasteiger charge is -2.17. The van der Waals surface area contributed by atoms with Gasteiger partial charge in [0.25, 0.3) is 0 Å². The van der Waals surface area contributed by atoms with Crippen molar-refractivity contribution in [3.8, 4) is 5.75 Å². The second kappa shape index (κ2) is 7.20. The van der Waals surface area contributed by atoms with E-state index in [1.165, 1.54) is 12.1 Å². The van der Waals surface area contributed by atoms with Crippen molar-refractivity contribution in [2.75, 3.05) is 20.3 Å². The number of ether oxygens (including phenoxy) is 2. The van der Waals surface area contributed by atoms with Crippen LogP contribution in [0.1, 0.15) is 22.8 Å². The van der Waals surface area contributed by atoms with Gasteiger partial charge in [-0.15, -0.1) is 0 Å². The molecule has 2 rings (SSSR count). The van der Waals surface area contributed by atoms with Crippen molar-refractivity contribution in [2.45, 2.75) is 13.0 Å². The van der Waals surface area contributed by atoms with E-state index in [4.69, 9.17) is 9.47 Å². The van der Waals surface area contributed by atoms with E-state index in [9.17, 15) is 9.50 Å². The highest BCUT2D eigenvalue weighted by Gasteiger charge is 2.16. The Morgan fingerprint density at radius 3 is 2.62 bits per heavy atom. The summed E-state index contributed by atoms with van der Waals surface area (Å²) in [6.45, 7) is 2.65. The number of aliphatic hydroxyl groups is 1. The number of halogens is 1. The van der Waals surface area contributed by atoms with Crippen LogP contribution in [0.15, 0.2) is 42.5 Å². The highest BCUT2D eigenvalue weighted by molar-refractivity contribution is 5.41. The molecule has 1 unspecified atom stereocenters. The van der Waals surface area contributed by atoms with Gasteiger partial charge in [-0.2, -0.15) is 0 Å². The van der Waals surface area contributed by atoms with Gasteiger partial charge in [-0.1, -0.05) is 24.3 Å². The molecule has 0 aliphatic rings. The second-order valence-electron chi connectivity index (χ2n) is 4.84. The molecule has 21 heavy (non-hydrogen) atoms. The van der Waals surface area contributed by atoms with Crippen LogP contribution >= 0.6 is 0 Å². The predicted molar refractivity (Wildman–Crippen MR) is 79.0 cm³/mol. The Labute approximate surface area is 124 Å². The smallest absolute Gasteiger partial charge is 0.125 e. The molecule has 2 aromatic rings. The van der Waals surface area contributed by atoms with Crippen LogP contribution < -0.4 is 4.74 Å². The van der Waals surface area contributed by atoms with Crippen LogP contribution in [0.5, 0.6) is 5.75 Å². The van der Waals surface area contributed by atoms with E-state index in [1.807, 2.05) is 12.1 Å². The number of aryl methyl sites for hydroxylation is 1. The summed E-state index contributed by atoms with van der Waals surface area (Å²) in [4.78, 5) is 0. The summed E-state index contributed by atoms with van der Waals surface area (Å²) in [6.07, 6.45) is -0.932. The average molecular weight is 290 g/mol. The summed E-state index contributed by atoms with van der Waals surface area (Å²) in [5.74, 6) is 0.214. The van der Waals surface area contributed by atoms with Gasteiger partial charge in [-0.05, 0) is 36.2 Å². The Bertz CT molecular complexity index is 578. The van der Waals surface area contributed by atoms with Crippen LogP contribution in [0.25, 0.3) is 0 Å². The van der Waals surface area contributed by atoms with Gasteiger partial charge < -0.3 is 14.6 Å². The van der Waals surface area contributed by atoms with E-state index < -0.39 is 6.10 Å². The molecule has 3 nitrogen and oxygen atoms in total. The molecule has 0 fully saturated rings. The summed E-state index contributed by atoms with van der Waals surface area (Å²) in [5, 5.41) is 10.5. The monoisotopic (exact) mass is 290 g/mol. The van der Waals surface area contributed by atoms with Crippen LogP contribution in [-0.2, 0) is 4.74 Å². The Morgan fingerprint density at radius 2 is 1.90 bits per heavy atom. The van der Waals surface area contributed by atoms with Crippen LogP contribution in [0.4, 0.5) is 4.39 Å². The Hall–Kier alpha value is -1.91. The molecule has 0 heterocycles. The summed E-state index contributed by atoms with van der Waals surface area (Å²) in [7, 11) is 1.60. The highest BCUT2D eigenvalue weighted by atomic mass is 19.1. The van der Waals surface area contributed by atoms with Gasteiger partial charge in [0.05, 0.1) is 6.61 Å².